The van der Waals surface area contributed by atoms with Gasteiger partial charge in [0.2, 0.25) is 6.79 Å². The molecule has 1 aliphatic carbocycles. The number of benzene rings is 2. The highest BCUT2D eigenvalue weighted by Crippen LogP contribution is 2.49. The number of ether oxygens (including phenoxy) is 3. The van der Waals surface area contributed by atoms with Crippen molar-refractivity contribution in [2.24, 2.45) is 5.92 Å². The van der Waals surface area contributed by atoms with Crippen molar-refractivity contribution in [3.63, 3.8) is 0 Å². The maximum Gasteiger partial charge on any atom is 0.231 e. The van der Waals surface area contributed by atoms with Gasteiger partial charge < -0.3 is 24.2 Å². The van der Waals surface area contributed by atoms with Gasteiger partial charge in [0.25, 0.3) is 0 Å². The van der Waals surface area contributed by atoms with Crippen molar-refractivity contribution in [3.8, 4) is 17.2 Å². The monoisotopic (exact) mass is 423 g/mol. The zero-order valence-corrected chi connectivity index (χ0v) is 18.4. The largest absolute Gasteiger partial charge is 0.493 e. The summed E-state index contributed by atoms with van der Waals surface area (Å²) in [5.41, 5.74) is 2.27. The molecule has 2 aromatic rings. The number of fused-ring (bicyclic) bond motifs is 1. The molecule has 2 heterocycles. The Labute approximate surface area is 184 Å². The summed E-state index contributed by atoms with van der Waals surface area (Å²) in [7, 11) is 0. The summed E-state index contributed by atoms with van der Waals surface area (Å²) >= 11 is 0. The molecular weight excluding hydrogens is 390 g/mol. The van der Waals surface area contributed by atoms with E-state index in [1.807, 2.05) is 18.2 Å². The lowest BCUT2D eigenvalue weighted by Gasteiger charge is -2.48. The fraction of sp³-hybridized carbons (Fsp3) is 0.538. The predicted molar refractivity (Wildman–Crippen MR) is 120 cm³/mol. The van der Waals surface area contributed by atoms with E-state index in [0.29, 0.717) is 5.92 Å². The Morgan fingerprint density at radius 2 is 1.90 bits per heavy atom. The van der Waals surface area contributed by atoms with Crippen molar-refractivity contribution in [3.05, 3.63) is 53.6 Å². The summed E-state index contributed by atoms with van der Waals surface area (Å²) in [6, 6.07) is 14.5. The highest BCUT2D eigenvalue weighted by molar-refractivity contribution is 5.47. The number of hydrogen-bond donors (Lipinski definition) is 1. The van der Waals surface area contributed by atoms with Crippen molar-refractivity contribution in [2.75, 3.05) is 33.0 Å². The quantitative estimate of drug-likeness (QED) is 0.720. The van der Waals surface area contributed by atoms with Crippen LogP contribution >= 0.6 is 0 Å². The van der Waals surface area contributed by atoms with Gasteiger partial charge in [-0.15, -0.1) is 0 Å². The van der Waals surface area contributed by atoms with Gasteiger partial charge in [-0.05, 0) is 69.0 Å². The van der Waals surface area contributed by atoms with E-state index in [9.17, 15) is 5.11 Å². The lowest BCUT2D eigenvalue weighted by Crippen LogP contribution is -2.52. The molecule has 0 radical (unpaired) electrons. The Bertz CT molecular complexity index is 893. The summed E-state index contributed by atoms with van der Waals surface area (Å²) in [5.74, 6) is 3.06. The van der Waals surface area contributed by atoms with Crippen molar-refractivity contribution < 1.29 is 19.3 Å². The minimum atomic E-state index is -0.376. The molecule has 31 heavy (non-hydrogen) atoms. The molecule has 0 aromatic heterocycles. The fourth-order valence-corrected chi connectivity index (χ4v) is 5.30. The summed E-state index contributed by atoms with van der Waals surface area (Å²) in [4.78, 5) is 2.43. The molecule has 3 aliphatic rings. The van der Waals surface area contributed by atoms with Crippen LogP contribution in [0.3, 0.4) is 0 Å². The van der Waals surface area contributed by atoms with E-state index < -0.39 is 0 Å². The van der Waals surface area contributed by atoms with Crippen LogP contribution in [0.2, 0.25) is 0 Å². The van der Waals surface area contributed by atoms with Gasteiger partial charge in [0.05, 0.1) is 12.7 Å². The second-order valence-corrected chi connectivity index (χ2v) is 9.49. The van der Waals surface area contributed by atoms with Gasteiger partial charge in [0.1, 0.15) is 5.75 Å². The molecule has 2 aromatic carbocycles. The lowest BCUT2D eigenvalue weighted by molar-refractivity contribution is -0.00869. The molecule has 5 nitrogen and oxygen atoms in total. The van der Waals surface area contributed by atoms with Crippen LogP contribution in [-0.4, -0.2) is 49.1 Å². The van der Waals surface area contributed by atoms with Crippen molar-refractivity contribution in [1.29, 1.82) is 0 Å². The van der Waals surface area contributed by atoms with Crippen LogP contribution in [0.1, 0.15) is 43.2 Å². The number of aryl methyl sites for hydroxylation is 1. The van der Waals surface area contributed by atoms with Gasteiger partial charge in [-0.2, -0.15) is 0 Å². The van der Waals surface area contributed by atoms with Crippen molar-refractivity contribution in [2.45, 2.75) is 50.5 Å². The van der Waals surface area contributed by atoms with E-state index >= 15 is 0 Å². The first-order chi connectivity index (χ1) is 15.1. The Hall–Kier alpha value is -2.24. The maximum atomic E-state index is 11.3. The number of hydrogen-bond acceptors (Lipinski definition) is 5. The molecule has 0 amide bonds. The fourth-order valence-electron chi connectivity index (χ4n) is 5.30. The highest BCUT2D eigenvalue weighted by Gasteiger charge is 2.46. The van der Waals surface area contributed by atoms with Crippen LogP contribution in [0.25, 0.3) is 0 Å². The summed E-state index contributed by atoms with van der Waals surface area (Å²) in [6.07, 6.45) is 5.19. The van der Waals surface area contributed by atoms with E-state index in [1.54, 1.807) is 0 Å². The normalized spacial score (nSPS) is 23.2. The standard InChI is InChI=1S/C26H33NO4/c1-19-5-8-22(9-6-19)29-17-20-4-2-13-27(15-20)16-25(28)26(11-3-12-26)21-7-10-23-24(14-21)31-18-30-23/h5-10,14,20,25,28H,2-4,11-13,15-18H2,1H3. The Balaban J connectivity index is 1.20. The first-order valence-corrected chi connectivity index (χ1v) is 11.6. The van der Waals surface area contributed by atoms with E-state index in [4.69, 9.17) is 14.2 Å². The van der Waals surface area contributed by atoms with Crippen LogP contribution in [0, 0.1) is 12.8 Å². The van der Waals surface area contributed by atoms with E-state index in [0.717, 1.165) is 62.8 Å². The van der Waals surface area contributed by atoms with Crippen LogP contribution < -0.4 is 14.2 Å². The third kappa shape index (κ3) is 4.26. The van der Waals surface area contributed by atoms with Crippen molar-refractivity contribution in [1.82, 2.24) is 4.90 Å². The number of nitrogens with zero attached hydrogens (tertiary/aromatic N) is 1. The summed E-state index contributed by atoms with van der Waals surface area (Å²) in [6.45, 7) is 5.87. The first-order valence-electron chi connectivity index (χ1n) is 11.6. The Morgan fingerprint density at radius 3 is 2.68 bits per heavy atom. The van der Waals surface area contributed by atoms with Gasteiger partial charge >= 0.3 is 0 Å². The van der Waals surface area contributed by atoms with Gasteiger partial charge in [0, 0.05) is 24.4 Å². The molecule has 2 unspecified atom stereocenters. The molecule has 2 fully saturated rings. The molecule has 0 spiro atoms. The number of likely N-dealkylation sites (tertiary alicyclic amines) is 1. The van der Waals surface area contributed by atoms with Crippen LogP contribution in [-0.2, 0) is 5.41 Å². The molecule has 2 atom stereocenters. The Morgan fingerprint density at radius 1 is 1.10 bits per heavy atom. The van der Waals surface area contributed by atoms with Crippen LogP contribution in [0.5, 0.6) is 17.2 Å². The third-order valence-electron chi connectivity index (χ3n) is 7.37. The zero-order chi connectivity index (χ0) is 21.3. The van der Waals surface area contributed by atoms with Gasteiger partial charge in [0.15, 0.2) is 11.5 Å². The van der Waals surface area contributed by atoms with Crippen LogP contribution in [0.15, 0.2) is 42.5 Å². The highest BCUT2D eigenvalue weighted by atomic mass is 16.7. The summed E-state index contributed by atoms with van der Waals surface area (Å²) in [5, 5.41) is 11.3. The lowest BCUT2D eigenvalue weighted by atomic mass is 9.61. The van der Waals surface area contributed by atoms with E-state index in [2.05, 4.69) is 36.1 Å². The molecule has 2 aliphatic heterocycles. The first kappa shape index (κ1) is 20.7. The predicted octanol–water partition coefficient (Wildman–Crippen LogP) is 4.30. The molecule has 166 valence electrons. The molecule has 0 bridgehead atoms. The maximum absolute atomic E-state index is 11.3. The molecular formula is C26H33NO4. The topological polar surface area (TPSA) is 51.2 Å². The van der Waals surface area contributed by atoms with Gasteiger partial charge in [-0.1, -0.05) is 30.2 Å². The zero-order valence-electron chi connectivity index (χ0n) is 18.4. The van der Waals surface area contributed by atoms with Crippen LogP contribution in [0.4, 0.5) is 0 Å². The molecule has 1 saturated carbocycles. The van der Waals surface area contributed by atoms with E-state index in [-0.39, 0.29) is 18.3 Å². The van der Waals surface area contributed by atoms with E-state index in [1.165, 1.54) is 24.0 Å². The number of aliphatic hydroxyl groups excluding tert-OH is 1. The second kappa shape index (κ2) is 8.71. The SMILES string of the molecule is Cc1ccc(OCC2CCCN(CC(O)C3(c4ccc5c(c4)OCO5)CCC3)C2)cc1. The van der Waals surface area contributed by atoms with Crippen molar-refractivity contribution >= 4 is 0 Å². The molecule has 5 heteroatoms. The number of β-amino-alcohol motifs (C(OH)–C–C–N with tert-alkyl or cyclic N) is 1. The Kier molecular flexibility index (Phi) is 5.81. The van der Waals surface area contributed by atoms with Gasteiger partial charge in [-0.25, -0.2) is 0 Å². The number of piperidine rings is 1. The smallest absolute Gasteiger partial charge is 0.231 e. The third-order valence-corrected chi connectivity index (χ3v) is 7.37. The molecule has 1 saturated heterocycles. The molecule has 5 rings (SSSR count). The average Bonchev–Trinajstić information content (AvgIpc) is 3.21. The van der Waals surface area contributed by atoms with Gasteiger partial charge in [-0.3, -0.25) is 0 Å². The average molecular weight is 424 g/mol. The minimum Gasteiger partial charge on any atom is -0.493 e. The molecule has 1 N–H and O–H groups in total. The number of aliphatic hydroxyl groups is 1. The minimum absolute atomic E-state index is 0.160. The second-order valence-electron chi connectivity index (χ2n) is 9.49. The summed E-state index contributed by atoms with van der Waals surface area (Å²) < 4.78 is 17.1. The number of rotatable bonds is 7.